The summed E-state index contributed by atoms with van der Waals surface area (Å²) in [5.41, 5.74) is -0.858. The first-order valence-electron chi connectivity index (χ1n) is 8.55. The van der Waals surface area contributed by atoms with E-state index in [1.54, 1.807) is 17.9 Å². The molecule has 1 aliphatic heterocycles. The van der Waals surface area contributed by atoms with Crippen molar-refractivity contribution in [3.05, 3.63) is 35.0 Å². The maximum absolute atomic E-state index is 12.8. The summed E-state index contributed by atoms with van der Waals surface area (Å²) in [5, 5.41) is 14.3. The van der Waals surface area contributed by atoms with E-state index in [0.717, 1.165) is 24.5 Å². The van der Waals surface area contributed by atoms with Crippen LogP contribution in [0.3, 0.4) is 0 Å². The molecule has 0 aromatic carbocycles. The normalized spacial score (nSPS) is 17.9. The van der Waals surface area contributed by atoms with Gasteiger partial charge in [-0.1, -0.05) is 11.6 Å². The third kappa shape index (κ3) is 4.64. The minimum Gasteiger partial charge on any atom is -0.353 e. The Morgan fingerprint density at radius 3 is 2.82 bits per heavy atom. The Labute approximate surface area is 164 Å². The highest BCUT2D eigenvalue weighted by Crippen LogP contribution is 2.34. The number of rotatable bonds is 4. The maximum Gasteiger partial charge on any atom is 0.417 e. The number of anilines is 1. The average Bonchev–Trinajstić information content (AvgIpc) is 3.26. The van der Waals surface area contributed by atoms with Gasteiger partial charge in [0, 0.05) is 39.4 Å². The standard InChI is InChI=1S/C16H20ClF3N8/c1-21-15(23-7-13-26-24-9-27(13)2)25-11-3-4-28(8-11)14-12(17)5-10(6-22-14)16(18,19)20/h5-6,9,11H,3-4,7-8H2,1-2H3,(H2,21,23,25). The first-order chi connectivity index (χ1) is 13.3. The van der Waals surface area contributed by atoms with Gasteiger partial charge in [-0.25, -0.2) is 4.98 Å². The predicted molar refractivity (Wildman–Crippen MR) is 99.2 cm³/mol. The van der Waals surface area contributed by atoms with Crippen molar-refractivity contribution < 1.29 is 13.2 Å². The molecule has 0 saturated carbocycles. The lowest BCUT2D eigenvalue weighted by atomic mass is 10.2. The zero-order valence-corrected chi connectivity index (χ0v) is 16.1. The van der Waals surface area contributed by atoms with Crippen LogP contribution in [0.15, 0.2) is 23.6 Å². The molecule has 3 rings (SSSR count). The molecule has 2 N–H and O–H groups in total. The molecule has 1 fully saturated rings. The quantitative estimate of drug-likeness (QED) is 0.584. The zero-order valence-electron chi connectivity index (χ0n) is 15.3. The van der Waals surface area contributed by atoms with Gasteiger partial charge in [0.15, 0.2) is 11.8 Å². The van der Waals surface area contributed by atoms with Crippen molar-refractivity contribution in [2.24, 2.45) is 12.0 Å². The molecule has 2 aromatic rings. The van der Waals surface area contributed by atoms with E-state index in [4.69, 9.17) is 11.6 Å². The summed E-state index contributed by atoms with van der Waals surface area (Å²) in [6, 6.07) is 0.956. The molecule has 3 heterocycles. The van der Waals surface area contributed by atoms with E-state index in [-0.39, 0.29) is 11.1 Å². The number of alkyl halides is 3. The van der Waals surface area contributed by atoms with Crippen LogP contribution in [-0.2, 0) is 19.8 Å². The van der Waals surface area contributed by atoms with Gasteiger partial charge in [0.1, 0.15) is 12.1 Å². The van der Waals surface area contributed by atoms with Crippen LogP contribution < -0.4 is 15.5 Å². The van der Waals surface area contributed by atoms with Gasteiger partial charge >= 0.3 is 6.18 Å². The van der Waals surface area contributed by atoms with Crippen molar-refractivity contribution in [1.82, 2.24) is 30.4 Å². The van der Waals surface area contributed by atoms with Crippen molar-refractivity contribution in [3.63, 3.8) is 0 Å². The van der Waals surface area contributed by atoms with E-state index < -0.39 is 11.7 Å². The summed E-state index contributed by atoms with van der Waals surface area (Å²) in [7, 11) is 3.51. The minimum absolute atomic E-state index is 0.0136. The molecule has 28 heavy (non-hydrogen) atoms. The van der Waals surface area contributed by atoms with Crippen LogP contribution in [0, 0.1) is 0 Å². The first kappa shape index (κ1) is 20.2. The maximum atomic E-state index is 12.8. The fourth-order valence-corrected chi connectivity index (χ4v) is 3.19. The van der Waals surface area contributed by atoms with Gasteiger partial charge in [0.25, 0.3) is 0 Å². The van der Waals surface area contributed by atoms with Gasteiger partial charge in [0.2, 0.25) is 0 Å². The van der Waals surface area contributed by atoms with Gasteiger partial charge in [-0.2, -0.15) is 13.2 Å². The Balaban J connectivity index is 1.58. The molecule has 0 radical (unpaired) electrons. The molecular formula is C16H20ClF3N8. The number of aliphatic imine (C=N–C) groups is 1. The Kier molecular flexibility index (Phi) is 5.92. The molecule has 0 amide bonds. The number of nitrogens with zero attached hydrogens (tertiary/aromatic N) is 6. The summed E-state index contributed by atoms with van der Waals surface area (Å²) < 4.78 is 40.1. The summed E-state index contributed by atoms with van der Waals surface area (Å²) >= 11 is 6.04. The summed E-state index contributed by atoms with van der Waals surface area (Å²) in [5.74, 6) is 1.71. The molecule has 152 valence electrons. The number of halogens is 4. The monoisotopic (exact) mass is 416 g/mol. The Morgan fingerprint density at radius 1 is 1.43 bits per heavy atom. The fourth-order valence-electron chi connectivity index (χ4n) is 2.91. The minimum atomic E-state index is -4.47. The SMILES string of the molecule is CN=C(NCc1nncn1C)NC1CCN(c2ncc(C(F)(F)F)cc2Cl)C1. The summed E-state index contributed by atoms with van der Waals surface area (Å²) in [6.07, 6.45) is -1.28. The summed E-state index contributed by atoms with van der Waals surface area (Å²) in [4.78, 5) is 9.97. The van der Waals surface area contributed by atoms with Crippen molar-refractivity contribution in [3.8, 4) is 0 Å². The molecule has 1 unspecified atom stereocenters. The first-order valence-corrected chi connectivity index (χ1v) is 8.93. The largest absolute Gasteiger partial charge is 0.417 e. The Hall–Kier alpha value is -2.56. The van der Waals surface area contributed by atoms with Crippen molar-refractivity contribution in [1.29, 1.82) is 0 Å². The molecule has 2 aromatic heterocycles. The molecule has 1 saturated heterocycles. The zero-order chi connectivity index (χ0) is 20.3. The molecule has 8 nitrogen and oxygen atoms in total. The van der Waals surface area contributed by atoms with Gasteiger partial charge in [-0.15, -0.1) is 10.2 Å². The van der Waals surface area contributed by atoms with E-state index >= 15 is 0 Å². The second-order valence-corrected chi connectivity index (χ2v) is 6.79. The van der Waals surface area contributed by atoms with Gasteiger partial charge < -0.3 is 20.1 Å². The van der Waals surface area contributed by atoms with Crippen LogP contribution in [0.5, 0.6) is 0 Å². The third-order valence-electron chi connectivity index (χ3n) is 4.42. The van der Waals surface area contributed by atoms with Gasteiger partial charge in [0.05, 0.1) is 17.1 Å². The third-order valence-corrected chi connectivity index (χ3v) is 4.70. The lowest BCUT2D eigenvalue weighted by molar-refractivity contribution is -0.137. The van der Waals surface area contributed by atoms with E-state index in [9.17, 15) is 13.2 Å². The van der Waals surface area contributed by atoms with Crippen LogP contribution >= 0.6 is 11.6 Å². The number of aromatic nitrogens is 4. The van der Waals surface area contributed by atoms with E-state index in [1.807, 2.05) is 11.9 Å². The van der Waals surface area contributed by atoms with Crippen LogP contribution in [-0.4, -0.2) is 51.9 Å². The molecule has 0 spiro atoms. The number of nitrogens with one attached hydrogen (secondary N) is 2. The average molecular weight is 417 g/mol. The van der Waals surface area contributed by atoms with Gasteiger partial charge in [-0.05, 0) is 12.5 Å². The van der Waals surface area contributed by atoms with Crippen molar-refractivity contribution >= 4 is 23.4 Å². The molecule has 1 aliphatic rings. The van der Waals surface area contributed by atoms with Crippen molar-refractivity contribution in [2.45, 2.75) is 25.2 Å². The second-order valence-electron chi connectivity index (χ2n) is 6.39. The van der Waals surface area contributed by atoms with Crippen LogP contribution in [0.4, 0.5) is 19.0 Å². The molecule has 0 aliphatic carbocycles. The number of aryl methyl sites for hydroxylation is 1. The number of guanidine groups is 1. The Bertz CT molecular complexity index is 851. The molecule has 0 bridgehead atoms. The van der Waals surface area contributed by atoms with Crippen molar-refractivity contribution in [2.75, 3.05) is 25.0 Å². The highest BCUT2D eigenvalue weighted by atomic mass is 35.5. The van der Waals surface area contributed by atoms with E-state index in [2.05, 4.69) is 30.8 Å². The van der Waals surface area contributed by atoms with E-state index in [1.165, 1.54) is 0 Å². The topological polar surface area (TPSA) is 83.3 Å². The fraction of sp³-hybridized carbons (Fsp3) is 0.500. The number of hydrogen-bond acceptors (Lipinski definition) is 5. The number of pyridine rings is 1. The second kappa shape index (κ2) is 8.21. The molecule has 1 atom stereocenters. The Morgan fingerprint density at radius 2 is 2.21 bits per heavy atom. The smallest absolute Gasteiger partial charge is 0.353 e. The van der Waals surface area contributed by atoms with Crippen LogP contribution in [0.2, 0.25) is 5.02 Å². The number of hydrogen-bond donors (Lipinski definition) is 2. The molecular weight excluding hydrogens is 397 g/mol. The predicted octanol–water partition coefficient (Wildman–Crippen LogP) is 1.83. The molecule has 12 heteroatoms. The summed E-state index contributed by atoms with van der Waals surface area (Å²) in [6.45, 7) is 1.62. The lowest BCUT2D eigenvalue weighted by Gasteiger charge is -2.21. The van der Waals surface area contributed by atoms with Crippen LogP contribution in [0.25, 0.3) is 0 Å². The highest BCUT2D eigenvalue weighted by molar-refractivity contribution is 6.33. The van der Waals surface area contributed by atoms with Crippen LogP contribution in [0.1, 0.15) is 17.8 Å². The van der Waals surface area contributed by atoms with E-state index in [0.29, 0.717) is 31.4 Å². The van der Waals surface area contributed by atoms with Gasteiger partial charge in [-0.3, -0.25) is 4.99 Å². The highest BCUT2D eigenvalue weighted by Gasteiger charge is 2.33. The lowest BCUT2D eigenvalue weighted by Crippen LogP contribution is -2.44.